The highest BCUT2D eigenvalue weighted by atomic mass is 16.5. The fraction of sp³-hybridized carbons (Fsp3) is 0.348. The molecular formula is C23H29N5O5. The summed E-state index contributed by atoms with van der Waals surface area (Å²) in [5, 5.41) is 19.7. The van der Waals surface area contributed by atoms with E-state index in [0.29, 0.717) is 36.5 Å². The highest BCUT2D eigenvalue weighted by Crippen LogP contribution is 2.21. The van der Waals surface area contributed by atoms with Crippen molar-refractivity contribution in [3.05, 3.63) is 54.6 Å². The van der Waals surface area contributed by atoms with Gasteiger partial charge in [-0.05, 0) is 69.1 Å². The minimum absolute atomic E-state index is 0.238. The van der Waals surface area contributed by atoms with Gasteiger partial charge in [-0.3, -0.25) is 9.69 Å². The van der Waals surface area contributed by atoms with Crippen molar-refractivity contribution in [1.29, 1.82) is 0 Å². The first-order valence-corrected chi connectivity index (χ1v) is 10.5. The number of anilines is 1. The molecule has 0 aliphatic rings. The van der Waals surface area contributed by atoms with Crippen LogP contribution in [0.5, 0.6) is 5.75 Å². The van der Waals surface area contributed by atoms with E-state index in [1.54, 1.807) is 54.6 Å². The Balaban J connectivity index is 2.21. The predicted octanol–water partition coefficient (Wildman–Crippen LogP) is 3.49. The van der Waals surface area contributed by atoms with E-state index in [9.17, 15) is 19.5 Å². The fourth-order valence-corrected chi connectivity index (χ4v) is 3.05. The van der Waals surface area contributed by atoms with E-state index in [1.807, 2.05) is 0 Å². The van der Waals surface area contributed by atoms with Gasteiger partial charge in [-0.15, -0.1) is 5.11 Å². The van der Waals surface area contributed by atoms with Gasteiger partial charge < -0.3 is 20.9 Å². The zero-order valence-electron chi connectivity index (χ0n) is 18.7. The largest absolute Gasteiger partial charge is 0.497 e. The van der Waals surface area contributed by atoms with Crippen LogP contribution in [0.1, 0.15) is 26.2 Å². The van der Waals surface area contributed by atoms with Gasteiger partial charge >= 0.3 is 12.0 Å². The van der Waals surface area contributed by atoms with Crippen molar-refractivity contribution < 1.29 is 24.2 Å². The molecule has 0 aromatic heterocycles. The van der Waals surface area contributed by atoms with E-state index < -0.39 is 30.0 Å². The average molecular weight is 456 g/mol. The first kappa shape index (κ1) is 25.5. The number of methoxy groups -OCH3 is 1. The molecule has 2 aromatic carbocycles. The lowest BCUT2D eigenvalue weighted by molar-refractivity contribution is -0.142. The average Bonchev–Trinajstić information content (AvgIpc) is 2.83. The van der Waals surface area contributed by atoms with Gasteiger partial charge in [-0.25, -0.2) is 9.59 Å². The standard InChI is InChI=1S/C23H29N5O5/c1-16(21(29)25-20(22(30)31)10-6-7-15-24)28(18-8-4-3-5-9-18)23(32)27-26-17-11-13-19(33-2)14-12-17/h3-5,8-9,11-14,16,20H,6-7,10,15,24H2,1-2H3,(H,25,29)(H,30,31). The molecule has 176 valence electrons. The van der Waals surface area contributed by atoms with E-state index in [0.717, 1.165) is 0 Å². The van der Waals surface area contributed by atoms with Gasteiger partial charge in [0.1, 0.15) is 17.8 Å². The van der Waals surface area contributed by atoms with E-state index in [-0.39, 0.29) is 6.42 Å². The normalized spacial score (nSPS) is 12.7. The molecule has 0 saturated carbocycles. The number of carbonyl (C=O) groups is 3. The molecule has 0 aliphatic carbocycles. The van der Waals surface area contributed by atoms with Crippen LogP contribution in [-0.4, -0.2) is 48.8 Å². The van der Waals surface area contributed by atoms with Crippen LogP contribution in [0.15, 0.2) is 64.8 Å². The lowest BCUT2D eigenvalue weighted by atomic mass is 10.1. The van der Waals surface area contributed by atoms with E-state index in [2.05, 4.69) is 15.5 Å². The van der Waals surface area contributed by atoms with Gasteiger partial charge in [0, 0.05) is 5.69 Å². The summed E-state index contributed by atoms with van der Waals surface area (Å²) >= 11 is 0. The van der Waals surface area contributed by atoms with Gasteiger partial charge in [-0.1, -0.05) is 23.3 Å². The lowest BCUT2D eigenvalue weighted by Crippen LogP contribution is -2.51. The number of ether oxygens (including phenoxy) is 1. The van der Waals surface area contributed by atoms with Crippen LogP contribution in [0.2, 0.25) is 0 Å². The third kappa shape index (κ3) is 7.69. The fourth-order valence-electron chi connectivity index (χ4n) is 3.05. The van der Waals surface area contributed by atoms with Crippen LogP contribution in [0.4, 0.5) is 16.2 Å². The number of nitrogens with two attached hydrogens (primary N) is 1. The van der Waals surface area contributed by atoms with Crippen LogP contribution >= 0.6 is 0 Å². The molecule has 0 saturated heterocycles. The lowest BCUT2D eigenvalue weighted by Gasteiger charge is -2.27. The maximum absolute atomic E-state index is 12.9. The third-order valence-corrected chi connectivity index (χ3v) is 4.89. The van der Waals surface area contributed by atoms with Crippen LogP contribution in [0.3, 0.4) is 0 Å². The summed E-state index contributed by atoms with van der Waals surface area (Å²) in [5.41, 5.74) is 6.31. The number of hydrogen-bond acceptors (Lipinski definition) is 6. The van der Waals surface area contributed by atoms with Crippen molar-refractivity contribution in [2.75, 3.05) is 18.6 Å². The quantitative estimate of drug-likeness (QED) is 0.349. The Labute approximate surface area is 192 Å². The molecule has 2 aromatic rings. The number of rotatable bonds is 11. The zero-order valence-corrected chi connectivity index (χ0v) is 18.7. The van der Waals surface area contributed by atoms with Crippen molar-refractivity contribution in [3.8, 4) is 5.75 Å². The molecule has 0 spiro atoms. The molecular weight excluding hydrogens is 426 g/mol. The summed E-state index contributed by atoms with van der Waals surface area (Å²) in [5.74, 6) is -1.13. The number of unbranched alkanes of at least 4 members (excludes halogenated alkanes) is 1. The Morgan fingerprint density at radius 3 is 2.33 bits per heavy atom. The number of azo groups is 1. The molecule has 0 bridgehead atoms. The molecule has 10 heteroatoms. The number of benzene rings is 2. The number of hydrogen-bond donors (Lipinski definition) is 3. The highest BCUT2D eigenvalue weighted by molar-refractivity contribution is 6.00. The molecule has 0 fully saturated rings. The third-order valence-electron chi connectivity index (χ3n) is 4.89. The number of carbonyl (C=O) groups excluding carboxylic acids is 2. The van der Waals surface area contributed by atoms with Crippen LogP contribution in [0.25, 0.3) is 0 Å². The number of carboxylic acid groups (broad SMARTS) is 1. The molecule has 33 heavy (non-hydrogen) atoms. The van der Waals surface area contributed by atoms with Crippen LogP contribution in [0, 0.1) is 0 Å². The maximum atomic E-state index is 12.9. The Bertz CT molecular complexity index is 949. The number of amides is 3. The van der Waals surface area contributed by atoms with Crippen LogP contribution < -0.4 is 20.7 Å². The number of para-hydroxylation sites is 1. The summed E-state index contributed by atoms with van der Waals surface area (Å²) < 4.78 is 5.09. The first-order valence-electron chi connectivity index (χ1n) is 10.5. The second-order valence-electron chi connectivity index (χ2n) is 7.25. The first-order chi connectivity index (χ1) is 15.9. The van der Waals surface area contributed by atoms with E-state index in [4.69, 9.17) is 10.5 Å². The predicted molar refractivity (Wildman–Crippen MR) is 124 cm³/mol. The molecule has 0 heterocycles. The van der Waals surface area contributed by atoms with Crippen molar-refractivity contribution in [2.45, 2.75) is 38.3 Å². The van der Waals surface area contributed by atoms with Gasteiger partial charge in [0.25, 0.3) is 0 Å². The molecule has 2 rings (SSSR count). The Morgan fingerprint density at radius 1 is 1.09 bits per heavy atom. The van der Waals surface area contributed by atoms with Crippen molar-refractivity contribution in [2.24, 2.45) is 16.0 Å². The van der Waals surface area contributed by atoms with E-state index in [1.165, 1.54) is 18.9 Å². The minimum atomic E-state index is -1.15. The minimum Gasteiger partial charge on any atom is -0.497 e. The summed E-state index contributed by atoms with van der Waals surface area (Å²) in [6.07, 6.45) is 1.44. The number of carboxylic acids is 1. The molecule has 2 atom stereocenters. The number of nitrogens with one attached hydrogen (secondary N) is 1. The summed E-state index contributed by atoms with van der Waals surface area (Å²) in [6, 6.07) is 12.3. The van der Waals surface area contributed by atoms with Crippen molar-refractivity contribution in [3.63, 3.8) is 0 Å². The van der Waals surface area contributed by atoms with Crippen molar-refractivity contribution in [1.82, 2.24) is 5.32 Å². The Kier molecular flexibility index (Phi) is 9.97. The monoisotopic (exact) mass is 455 g/mol. The maximum Gasteiger partial charge on any atom is 0.367 e. The van der Waals surface area contributed by atoms with Gasteiger partial charge in [-0.2, -0.15) is 0 Å². The van der Waals surface area contributed by atoms with Crippen molar-refractivity contribution >= 4 is 29.3 Å². The number of urea groups is 1. The zero-order chi connectivity index (χ0) is 24.2. The van der Waals surface area contributed by atoms with Gasteiger partial charge in [0.2, 0.25) is 5.91 Å². The Hall–Kier alpha value is -3.79. The molecule has 0 aliphatic heterocycles. The number of aliphatic carboxylic acids is 1. The summed E-state index contributed by atoms with van der Waals surface area (Å²) in [4.78, 5) is 38.6. The molecule has 10 nitrogen and oxygen atoms in total. The Morgan fingerprint density at radius 2 is 1.76 bits per heavy atom. The molecule has 4 N–H and O–H groups in total. The second kappa shape index (κ2) is 12.9. The van der Waals surface area contributed by atoms with Gasteiger partial charge in [0.15, 0.2) is 0 Å². The number of nitrogens with zero attached hydrogens (tertiary/aromatic N) is 3. The highest BCUT2D eigenvalue weighted by Gasteiger charge is 2.30. The van der Waals surface area contributed by atoms with E-state index >= 15 is 0 Å². The summed E-state index contributed by atoms with van der Waals surface area (Å²) in [6.45, 7) is 1.94. The molecule has 2 unspecified atom stereocenters. The summed E-state index contributed by atoms with van der Waals surface area (Å²) in [7, 11) is 1.54. The molecule has 3 amide bonds. The topological polar surface area (TPSA) is 147 Å². The second-order valence-corrected chi connectivity index (χ2v) is 7.25. The van der Waals surface area contributed by atoms with Gasteiger partial charge in [0.05, 0.1) is 12.8 Å². The molecule has 0 radical (unpaired) electrons. The van der Waals surface area contributed by atoms with Crippen LogP contribution in [-0.2, 0) is 9.59 Å². The SMILES string of the molecule is COc1ccc(N=NC(=O)N(c2ccccc2)C(C)C(=O)NC(CCCCN)C(=O)O)cc1. The smallest absolute Gasteiger partial charge is 0.367 e.